The van der Waals surface area contributed by atoms with Crippen molar-refractivity contribution in [1.29, 1.82) is 0 Å². The van der Waals surface area contributed by atoms with E-state index in [4.69, 9.17) is 4.74 Å². The van der Waals surface area contributed by atoms with Gasteiger partial charge >= 0.3 is 0 Å². The summed E-state index contributed by atoms with van der Waals surface area (Å²) in [5.74, 6) is 0.771. The van der Waals surface area contributed by atoms with Crippen LogP contribution in [0, 0.1) is 0 Å². The van der Waals surface area contributed by atoms with Crippen LogP contribution in [0.5, 0.6) is 5.75 Å². The lowest BCUT2D eigenvalue weighted by atomic mass is 9.92. The van der Waals surface area contributed by atoms with E-state index in [9.17, 15) is 4.79 Å². The zero-order valence-corrected chi connectivity index (χ0v) is 12.3. The van der Waals surface area contributed by atoms with Crippen LogP contribution in [0.4, 0.5) is 5.69 Å². The number of anilines is 1. The van der Waals surface area contributed by atoms with Crippen molar-refractivity contribution in [3.8, 4) is 5.75 Å². The molecule has 21 heavy (non-hydrogen) atoms. The number of rotatable bonds is 4. The minimum atomic E-state index is -0.115. The molecule has 1 aliphatic rings. The van der Waals surface area contributed by atoms with E-state index in [0.29, 0.717) is 12.1 Å². The number of hydrogen-bond donors (Lipinski definition) is 1. The number of benzene rings is 2. The van der Waals surface area contributed by atoms with E-state index in [2.05, 4.69) is 5.32 Å². The first-order valence-corrected chi connectivity index (χ1v) is 7.29. The third kappa shape index (κ3) is 2.77. The molecule has 3 nitrogen and oxygen atoms in total. The van der Waals surface area contributed by atoms with Crippen LogP contribution >= 0.6 is 0 Å². The van der Waals surface area contributed by atoms with Crippen molar-refractivity contribution < 1.29 is 9.53 Å². The van der Waals surface area contributed by atoms with Gasteiger partial charge < -0.3 is 10.1 Å². The molecule has 108 valence electrons. The maximum absolute atomic E-state index is 12.8. The first-order chi connectivity index (χ1) is 10.1. The Labute approximate surface area is 124 Å². The predicted molar refractivity (Wildman–Crippen MR) is 84.2 cm³/mol. The highest BCUT2D eigenvalue weighted by Crippen LogP contribution is 2.33. The third-order valence-corrected chi connectivity index (χ3v) is 3.64. The molecule has 2 aromatic carbocycles. The summed E-state index contributed by atoms with van der Waals surface area (Å²) in [4.78, 5) is 12.8. The zero-order valence-electron chi connectivity index (χ0n) is 12.3. The Morgan fingerprint density at radius 3 is 2.81 bits per heavy atom. The first-order valence-electron chi connectivity index (χ1n) is 7.29. The number of carbonyl (C=O) groups excluding carboxylic acids is 1. The van der Waals surface area contributed by atoms with Crippen LogP contribution in [0.2, 0.25) is 0 Å². The van der Waals surface area contributed by atoms with Crippen molar-refractivity contribution >= 4 is 11.5 Å². The van der Waals surface area contributed by atoms with Gasteiger partial charge in [0.25, 0.3) is 0 Å². The second-order valence-electron chi connectivity index (χ2n) is 5.58. The first kappa shape index (κ1) is 13.7. The lowest BCUT2D eigenvalue weighted by molar-refractivity contribution is 0.0966. The molecule has 0 saturated heterocycles. The van der Waals surface area contributed by atoms with Gasteiger partial charge in [0.15, 0.2) is 5.78 Å². The Morgan fingerprint density at radius 2 is 2.00 bits per heavy atom. The highest BCUT2D eigenvalue weighted by molar-refractivity contribution is 6.03. The van der Waals surface area contributed by atoms with Gasteiger partial charge in [-0.1, -0.05) is 30.3 Å². The summed E-state index contributed by atoms with van der Waals surface area (Å²) in [5, 5.41) is 3.30. The van der Waals surface area contributed by atoms with Crippen molar-refractivity contribution in [3.63, 3.8) is 0 Å². The molecule has 0 bridgehead atoms. The van der Waals surface area contributed by atoms with Crippen molar-refractivity contribution in [2.24, 2.45) is 0 Å². The van der Waals surface area contributed by atoms with E-state index < -0.39 is 0 Å². The Kier molecular flexibility index (Phi) is 3.65. The summed E-state index contributed by atoms with van der Waals surface area (Å²) in [6, 6.07) is 15.4. The molecule has 3 rings (SSSR count). The van der Waals surface area contributed by atoms with Gasteiger partial charge in [-0.3, -0.25) is 4.79 Å². The van der Waals surface area contributed by atoms with Crippen LogP contribution in [-0.4, -0.2) is 18.4 Å². The molecule has 1 N–H and O–H groups in total. The van der Waals surface area contributed by atoms with Crippen LogP contribution in [-0.2, 0) is 0 Å². The van der Waals surface area contributed by atoms with Crippen molar-refractivity contribution in [2.75, 3.05) is 11.9 Å². The smallest absolute Gasteiger partial charge is 0.172 e. The summed E-state index contributed by atoms with van der Waals surface area (Å²) in [6.07, 6.45) is 0.101. The second kappa shape index (κ2) is 5.60. The monoisotopic (exact) mass is 281 g/mol. The molecule has 0 radical (unpaired) electrons. The summed E-state index contributed by atoms with van der Waals surface area (Å²) >= 11 is 0. The van der Waals surface area contributed by atoms with Crippen molar-refractivity contribution in [2.45, 2.75) is 25.9 Å². The highest BCUT2D eigenvalue weighted by atomic mass is 16.5. The molecule has 0 aromatic heterocycles. The van der Waals surface area contributed by atoms with Gasteiger partial charge in [-0.15, -0.1) is 0 Å². The number of ether oxygens (including phenoxy) is 1. The molecular weight excluding hydrogens is 262 g/mol. The Balaban J connectivity index is 1.86. The quantitative estimate of drug-likeness (QED) is 0.865. The van der Waals surface area contributed by atoms with Crippen LogP contribution in [0.25, 0.3) is 0 Å². The minimum Gasteiger partial charge on any atom is -0.491 e. The van der Waals surface area contributed by atoms with E-state index in [1.54, 1.807) is 0 Å². The lowest BCUT2D eigenvalue weighted by Gasteiger charge is -2.13. The summed E-state index contributed by atoms with van der Waals surface area (Å²) in [6.45, 7) is 4.62. The number of hydrogen-bond acceptors (Lipinski definition) is 3. The number of ketones is 1. The second-order valence-corrected chi connectivity index (χ2v) is 5.58. The maximum Gasteiger partial charge on any atom is 0.172 e. The lowest BCUT2D eigenvalue weighted by Crippen LogP contribution is -2.15. The van der Waals surface area contributed by atoms with Gasteiger partial charge in [0, 0.05) is 17.8 Å². The topological polar surface area (TPSA) is 38.3 Å². The molecule has 1 aliphatic heterocycles. The van der Waals surface area contributed by atoms with Crippen LogP contribution in [0.3, 0.4) is 0 Å². The number of fused-ring (bicyclic) bond motifs is 1. The number of para-hydroxylation sites is 1. The molecule has 1 heterocycles. The summed E-state index contributed by atoms with van der Waals surface area (Å²) in [7, 11) is 0. The Hall–Kier alpha value is -2.29. The average molecular weight is 281 g/mol. The molecule has 0 aliphatic carbocycles. The molecule has 0 fully saturated rings. The fourth-order valence-electron chi connectivity index (χ4n) is 2.71. The minimum absolute atomic E-state index is 0.101. The van der Waals surface area contributed by atoms with Gasteiger partial charge in [0.1, 0.15) is 5.75 Å². The number of carbonyl (C=O) groups is 1. The fraction of sp³-hybridized carbons (Fsp3) is 0.278. The Morgan fingerprint density at radius 1 is 1.19 bits per heavy atom. The standard InChI is InChI=1S/C18H19NO2/c1-12(2)21-14-7-5-6-13(10-14)18(20)16-11-19-17-9-4-3-8-15(16)17/h3-10,12,16,19H,11H2,1-2H3. The molecule has 2 aromatic rings. The van der Waals surface area contributed by atoms with Gasteiger partial charge in [-0.05, 0) is 37.6 Å². The van der Waals surface area contributed by atoms with Gasteiger partial charge in [0.2, 0.25) is 0 Å². The molecule has 1 unspecified atom stereocenters. The molecule has 0 spiro atoms. The highest BCUT2D eigenvalue weighted by Gasteiger charge is 2.28. The van der Waals surface area contributed by atoms with E-state index in [1.807, 2.05) is 62.4 Å². The molecule has 0 saturated carbocycles. The van der Waals surface area contributed by atoms with E-state index >= 15 is 0 Å². The molecule has 1 atom stereocenters. The Bertz CT molecular complexity index is 664. The van der Waals surface area contributed by atoms with E-state index in [0.717, 1.165) is 17.0 Å². The predicted octanol–water partition coefficient (Wildman–Crippen LogP) is 3.87. The average Bonchev–Trinajstić information content (AvgIpc) is 2.90. The largest absolute Gasteiger partial charge is 0.491 e. The summed E-state index contributed by atoms with van der Waals surface area (Å²) < 4.78 is 5.67. The van der Waals surface area contributed by atoms with Crippen molar-refractivity contribution in [3.05, 3.63) is 59.7 Å². The van der Waals surface area contributed by atoms with Crippen LogP contribution in [0.1, 0.15) is 35.7 Å². The van der Waals surface area contributed by atoms with E-state index in [1.165, 1.54) is 0 Å². The van der Waals surface area contributed by atoms with Crippen LogP contribution < -0.4 is 10.1 Å². The van der Waals surface area contributed by atoms with Crippen LogP contribution in [0.15, 0.2) is 48.5 Å². The van der Waals surface area contributed by atoms with E-state index in [-0.39, 0.29) is 17.8 Å². The third-order valence-electron chi connectivity index (χ3n) is 3.64. The maximum atomic E-state index is 12.8. The number of Topliss-reactive ketones (excluding diaryl/α,β-unsaturated/α-hetero) is 1. The fourth-order valence-corrected chi connectivity index (χ4v) is 2.71. The van der Waals surface area contributed by atoms with Crippen molar-refractivity contribution in [1.82, 2.24) is 0 Å². The summed E-state index contributed by atoms with van der Waals surface area (Å²) in [5.41, 5.74) is 2.85. The molecular formula is C18H19NO2. The number of nitrogens with one attached hydrogen (secondary N) is 1. The SMILES string of the molecule is CC(C)Oc1cccc(C(=O)C2CNc3ccccc32)c1. The normalized spacial score (nSPS) is 16.4. The molecule has 3 heteroatoms. The van der Waals surface area contributed by atoms with Gasteiger partial charge in [0.05, 0.1) is 12.0 Å². The van der Waals surface area contributed by atoms with Gasteiger partial charge in [-0.2, -0.15) is 0 Å². The zero-order chi connectivity index (χ0) is 14.8. The van der Waals surface area contributed by atoms with Gasteiger partial charge in [-0.25, -0.2) is 0 Å². The molecule has 0 amide bonds.